The van der Waals surface area contributed by atoms with E-state index in [1.54, 1.807) is 0 Å². The van der Waals surface area contributed by atoms with E-state index in [1.165, 1.54) is 25.7 Å². The number of hydrogen-bond donors (Lipinski definition) is 2. The summed E-state index contributed by atoms with van der Waals surface area (Å²) in [5.41, 5.74) is 0. The quantitative estimate of drug-likeness (QED) is 0.721. The molecule has 2 N–H and O–H groups in total. The molecule has 4 heteroatoms. The predicted octanol–water partition coefficient (Wildman–Crippen LogP) is 2.19. The Morgan fingerprint density at radius 1 is 0.773 bits per heavy atom. The third-order valence-electron chi connectivity index (χ3n) is 5.32. The Balaban J connectivity index is 2.65. The van der Waals surface area contributed by atoms with E-state index >= 15 is 0 Å². The normalized spacial score (nSPS) is 26.2. The first-order chi connectivity index (χ1) is 10.2. The summed E-state index contributed by atoms with van der Waals surface area (Å²) in [6.07, 6.45) is 4.38. The summed E-state index contributed by atoms with van der Waals surface area (Å²) in [4.78, 5) is 4.68. The van der Waals surface area contributed by atoms with Crippen LogP contribution in [-0.2, 0) is 0 Å². The van der Waals surface area contributed by atoms with Crippen LogP contribution in [0, 0.1) is 11.8 Å². The van der Waals surface area contributed by atoms with Crippen molar-refractivity contribution in [2.75, 3.05) is 27.2 Å². The first-order valence-electron chi connectivity index (χ1n) is 9.00. The highest BCUT2D eigenvalue weighted by atomic mass is 16.3. The Hall–Kier alpha value is -0.160. The molecule has 1 aliphatic rings. The lowest BCUT2D eigenvalue weighted by atomic mass is 9.87. The van der Waals surface area contributed by atoms with Crippen LogP contribution >= 0.6 is 0 Å². The van der Waals surface area contributed by atoms with Gasteiger partial charge in [-0.3, -0.25) is 9.80 Å². The van der Waals surface area contributed by atoms with Gasteiger partial charge in [0.2, 0.25) is 0 Å². The summed E-state index contributed by atoms with van der Waals surface area (Å²) >= 11 is 0. The van der Waals surface area contributed by atoms with Gasteiger partial charge in [0, 0.05) is 25.2 Å². The maximum atomic E-state index is 10.2. The molecule has 0 aliphatic heterocycles. The molecule has 1 fully saturated rings. The van der Waals surface area contributed by atoms with Crippen LogP contribution in [0.4, 0.5) is 0 Å². The van der Waals surface area contributed by atoms with E-state index in [2.05, 4.69) is 51.6 Å². The molecule has 0 unspecified atom stereocenters. The van der Waals surface area contributed by atoms with Crippen molar-refractivity contribution in [3.05, 3.63) is 0 Å². The van der Waals surface area contributed by atoms with Crippen LogP contribution in [0.5, 0.6) is 0 Å². The largest absolute Gasteiger partial charge is 0.392 e. The summed E-state index contributed by atoms with van der Waals surface area (Å²) < 4.78 is 0. The zero-order chi connectivity index (χ0) is 16.9. The fourth-order valence-electron chi connectivity index (χ4n) is 3.40. The molecule has 0 radical (unpaired) electrons. The molecule has 0 bridgehead atoms. The third kappa shape index (κ3) is 5.80. The van der Waals surface area contributed by atoms with Crippen molar-refractivity contribution in [1.82, 2.24) is 9.80 Å². The van der Waals surface area contributed by atoms with Crippen molar-refractivity contribution in [3.63, 3.8) is 0 Å². The molecule has 0 spiro atoms. The number of nitrogens with zero attached hydrogens (tertiary/aromatic N) is 2. The fourth-order valence-corrected chi connectivity index (χ4v) is 3.40. The lowest BCUT2D eigenvalue weighted by Gasteiger charge is -2.44. The molecule has 0 saturated heterocycles. The van der Waals surface area contributed by atoms with Crippen molar-refractivity contribution in [2.45, 2.75) is 77.7 Å². The standard InChI is InChI=1S/C18H38N2O2/c1-13(2)17(21)11-19(5)15-9-7-8-10-16(15)20(6)12-18(22)14(3)4/h13-18,21-22H,7-12H2,1-6H3/t15-,16-,17-,18+/m1/s1. The van der Waals surface area contributed by atoms with Gasteiger partial charge in [-0.15, -0.1) is 0 Å². The van der Waals surface area contributed by atoms with Crippen molar-refractivity contribution < 1.29 is 10.2 Å². The number of rotatable bonds is 8. The molecule has 0 aromatic carbocycles. The van der Waals surface area contributed by atoms with E-state index in [1.807, 2.05) is 0 Å². The van der Waals surface area contributed by atoms with Crippen LogP contribution in [-0.4, -0.2) is 71.5 Å². The first kappa shape index (κ1) is 19.9. The second-order valence-corrected chi connectivity index (χ2v) is 7.92. The average molecular weight is 315 g/mol. The summed E-state index contributed by atoms with van der Waals surface area (Å²) in [5.74, 6) is 0.593. The lowest BCUT2D eigenvalue weighted by molar-refractivity contribution is 0.00785. The van der Waals surface area contributed by atoms with Crippen molar-refractivity contribution in [3.8, 4) is 0 Å². The van der Waals surface area contributed by atoms with Crippen molar-refractivity contribution in [2.24, 2.45) is 11.8 Å². The van der Waals surface area contributed by atoms with Gasteiger partial charge in [0.05, 0.1) is 12.2 Å². The van der Waals surface area contributed by atoms with Gasteiger partial charge >= 0.3 is 0 Å². The molecule has 4 nitrogen and oxygen atoms in total. The molecular weight excluding hydrogens is 276 g/mol. The highest BCUT2D eigenvalue weighted by Crippen LogP contribution is 2.27. The van der Waals surface area contributed by atoms with E-state index in [0.717, 1.165) is 13.1 Å². The highest BCUT2D eigenvalue weighted by Gasteiger charge is 2.32. The summed E-state index contributed by atoms with van der Waals surface area (Å²) in [6, 6.07) is 0.957. The number of likely N-dealkylation sites (N-methyl/N-ethyl adjacent to an activating group) is 2. The van der Waals surface area contributed by atoms with Crippen LogP contribution in [0.3, 0.4) is 0 Å². The number of aliphatic hydroxyl groups is 2. The second-order valence-electron chi connectivity index (χ2n) is 7.92. The van der Waals surface area contributed by atoms with Gasteiger partial charge in [0.1, 0.15) is 0 Å². The van der Waals surface area contributed by atoms with E-state index in [-0.39, 0.29) is 12.2 Å². The van der Waals surface area contributed by atoms with Gasteiger partial charge in [-0.2, -0.15) is 0 Å². The molecule has 132 valence electrons. The maximum absolute atomic E-state index is 10.2. The van der Waals surface area contributed by atoms with Gasteiger partial charge < -0.3 is 10.2 Å². The topological polar surface area (TPSA) is 46.9 Å². The van der Waals surface area contributed by atoms with Crippen LogP contribution in [0.25, 0.3) is 0 Å². The summed E-state index contributed by atoms with van der Waals surface area (Å²) in [5, 5.41) is 20.4. The average Bonchev–Trinajstić information content (AvgIpc) is 2.46. The Labute approximate surface area is 137 Å². The molecule has 0 aromatic heterocycles. The minimum Gasteiger partial charge on any atom is -0.392 e. The Morgan fingerprint density at radius 2 is 1.09 bits per heavy atom. The Morgan fingerprint density at radius 3 is 1.36 bits per heavy atom. The summed E-state index contributed by atoms with van der Waals surface area (Å²) in [6.45, 7) is 9.76. The molecule has 4 atom stereocenters. The van der Waals surface area contributed by atoms with Crippen LogP contribution in [0.2, 0.25) is 0 Å². The third-order valence-corrected chi connectivity index (χ3v) is 5.32. The Kier molecular flexibility index (Phi) is 8.33. The highest BCUT2D eigenvalue weighted by molar-refractivity contribution is 4.89. The molecule has 0 heterocycles. The number of hydrogen-bond acceptors (Lipinski definition) is 4. The van der Waals surface area contributed by atoms with Gasteiger partial charge in [0.15, 0.2) is 0 Å². The van der Waals surface area contributed by atoms with Gasteiger partial charge in [-0.05, 0) is 38.8 Å². The molecule has 1 rings (SSSR count). The van der Waals surface area contributed by atoms with Crippen LogP contribution < -0.4 is 0 Å². The minimum atomic E-state index is -0.265. The van der Waals surface area contributed by atoms with Crippen molar-refractivity contribution >= 4 is 0 Å². The maximum Gasteiger partial charge on any atom is 0.0689 e. The molecule has 0 amide bonds. The van der Waals surface area contributed by atoms with Gasteiger partial charge in [-0.1, -0.05) is 40.5 Å². The zero-order valence-corrected chi connectivity index (χ0v) is 15.5. The van der Waals surface area contributed by atoms with Crippen molar-refractivity contribution in [1.29, 1.82) is 0 Å². The molecule has 0 aromatic rings. The van der Waals surface area contributed by atoms with Gasteiger partial charge in [-0.25, -0.2) is 0 Å². The smallest absolute Gasteiger partial charge is 0.0689 e. The fraction of sp³-hybridized carbons (Fsp3) is 1.00. The molecule has 1 aliphatic carbocycles. The molecule has 1 saturated carbocycles. The Bertz CT molecular complexity index is 279. The first-order valence-corrected chi connectivity index (χ1v) is 9.00. The van der Waals surface area contributed by atoms with Crippen LogP contribution in [0.15, 0.2) is 0 Å². The molecule has 22 heavy (non-hydrogen) atoms. The van der Waals surface area contributed by atoms with Gasteiger partial charge in [0.25, 0.3) is 0 Å². The zero-order valence-electron chi connectivity index (χ0n) is 15.5. The lowest BCUT2D eigenvalue weighted by Crippen LogP contribution is -2.54. The van der Waals surface area contributed by atoms with Crippen LogP contribution in [0.1, 0.15) is 53.4 Å². The monoisotopic (exact) mass is 314 g/mol. The van der Waals surface area contributed by atoms with E-state index in [4.69, 9.17) is 0 Å². The second kappa shape index (κ2) is 9.21. The SMILES string of the molecule is CC(C)[C@H](O)CN(C)[C@@H]1CCCC[C@H]1N(C)C[C@H](O)C(C)C. The minimum absolute atomic E-state index is 0.265. The number of aliphatic hydroxyl groups excluding tert-OH is 2. The van der Waals surface area contributed by atoms with E-state index in [0.29, 0.717) is 23.9 Å². The van der Waals surface area contributed by atoms with E-state index < -0.39 is 0 Å². The van der Waals surface area contributed by atoms with E-state index in [9.17, 15) is 10.2 Å². The molecular formula is C18H38N2O2. The predicted molar refractivity (Wildman–Crippen MR) is 93.0 cm³/mol. The summed E-state index contributed by atoms with van der Waals surface area (Å²) in [7, 11) is 4.28.